The number of thiophene rings is 1. The van der Waals surface area contributed by atoms with Crippen LogP contribution < -0.4 is 0 Å². The third-order valence-electron chi connectivity index (χ3n) is 3.18. The largest absolute Gasteiger partial charge is 0.450 e. The number of amides is 1. The molecule has 18 heavy (non-hydrogen) atoms. The molecule has 2 rings (SSSR count). The Balaban J connectivity index is 2.07. The van der Waals surface area contributed by atoms with E-state index in [9.17, 15) is 15.0 Å². The van der Waals surface area contributed by atoms with Crippen molar-refractivity contribution >= 4 is 17.4 Å². The minimum atomic E-state index is -1.25. The van der Waals surface area contributed by atoms with E-state index in [2.05, 4.69) is 0 Å². The number of aliphatic hydroxyl groups is 2. The fourth-order valence-electron chi connectivity index (χ4n) is 2.12. The Morgan fingerprint density at radius 3 is 3.06 bits per heavy atom. The number of carbonyl (C=O) groups excluding carboxylic acids is 1. The van der Waals surface area contributed by atoms with Gasteiger partial charge in [-0.2, -0.15) is 0 Å². The van der Waals surface area contributed by atoms with Crippen LogP contribution >= 0.6 is 11.3 Å². The Hall–Kier alpha value is -1.11. The average Bonchev–Trinajstić information content (AvgIpc) is 2.87. The second-order valence-electron chi connectivity index (χ2n) is 4.31. The number of β-amino-alcohol motifs (C(OH)–C–C–N with tert-alkyl or cyclic N) is 1. The zero-order valence-corrected chi connectivity index (χ0v) is 11.0. The van der Waals surface area contributed by atoms with Gasteiger partial charge in [-0.15, -0.1) is 11.3 Å². The molecule has 1 aromatic rings. The van der Waals surface area contributed by atoms with Crippen LogP contribution in [0, 0.1) is 0 Å². The Bertz CT molecular complexity index is 408. The molecule has 2 heterocycles. The number of hydrogen-bond acceptors (Lipinski definition) is 5. The highest BCUT2D eigenvalue weighted by molar-refractivity contribution is 7.10. The normalized spacial score (nSPS) is 28.2. The number of likely N-dealkylation sites (tertiary alicyclic amines) is 1. The van der Waals surface area contributed by atoms with Crippen molar-refractivity contribution in [2.75, 3.05) is 19.7 Å². The van der Waals surface area contributed by atoms with Gasteiger partial charge in [0.15, 0.2) is 0 Å². The van der Waals surface area contributed by atoms with Gasteiger partial charge in [-0.1, -0.05) is 6.07 Å². The van der Waals surface area contributed by atoms with Crippen molar-refractivity contribution in [1.29, 1.82) is 0 Å². The van der Waals surface area contributed by atoms with E-state index in [1.165, 1.54) is 16.2 Å². The molecule has 5 nitrogen and oxygen atoms in total. The topological polar surface area (TPSA) is 70.0 Å². The lowest BCUT2D eigenvalue weighted by Gasteiger charge is -2.41. The Kier molecular flexibility index (Phi) is 3.89. The first-order valence-electron chi connectivity index (χ1n) is 5.94. The maximum Gasteiger partial charge on any atom is 0.409 e. The number of piperidine rings is 1. The first kappa shape index (κ1) is 13.3. The van der Waals surface area contributed by atoms with E-state index < -0.39 is 17.8 Å². The number of nitrogens with zero attached hydrogens (tertiary/aromatic N) is 1. The van der Waals surface area contributed by atoms with Crippen LogP contribution in [-0.2, 0) is 10.3 Å². The summed E-state index contributed by atoms with van der Waals surface area (Å²) in [7, 11) is 0. The quantitative estimate of drug-likeness (QED) is 0.847. The zero-order chi connectivity index (χ0) is 13.2. The summed E-state index contributed by atoms with van der Waals surface area (Å²) in [6, 6.07) is 3.64. The number of hydrogen-bond donors (Lipinski definition) is 2. The molecule has 1 aliphatic rings. The molecule has 0 saturated carbocycles. The van der Waals surface area contributed by atoms with Gasteiger partial charge in [-0.25, -0.2) is 4.79 Å². The van der Waals surface area contributed by atoms with Crippen LogP contribution in [0.3, 0.4) is 0 Å². The lowest BCUT2D eigenvalue weighted by Crippen LogP contribution is -2.54. The van der Waals surface area contributed by atoms with E-state index in [1.807, 2.05) is 11.4 Å². The van der Waals surface area contributed by atoms with Gasteiger partial charge in [0.05, 0.1) is 13.2 Å². The molecule has 0 aromatic carbocycles. The molecular formula is C12H17NO4S. The first-order valence-corrected chi connectivity index (χ1v) is 6.82. The van der Waals surface area contributed by atoms with Crippen molar-refractivity contribution < 1.29 is 19.7 Å². The Labute approximate surface area is 110 Å². The predicted molar refractivity (Wildman–Crippen MR) is 67.4 cm³/mol. The molecule has 2 unspecified atom stereocenters. The summed E-state index contributed by atoms with van der Waals surface area (Å²) in [5.74, 6) is 0. The molecule has 0 spiro atoms. The van der Waals surface area contributed by atoms with Crippen LogP contribution in [-0.4, -0.2) is 47.0 Å². The van der Waals surface area contributed by atoms with E-state index in [1.54, 1.807) is 13.0 Å². The van der Waals surface area contributed by atoms with E-state index in [0.29, 0.717) is 19.6 Å². The Morgan fingerprint density at radius 2 is 2.50 bits per heavy atom. The van der Waals surface area contributed by atoms with Crippen molar-refractivity contribution in [2.24, 2.45) is 0 Å². The molecule has 0 bridgehead atoms. The van der Waals surface area contributed by atoms with Gasteiger partial charge in [0.25, 0.3) is 0 Å². The molecule has 1 fully saturated rings. The standard InChI is InChI=1S/C12H17NO4S/c1-2-17-11(15)13-6-5-12(16,9(14)8-13)10-4-3-7-18-10/h3-4,7,9,14,16H,2,5-6,8H2,1H3. The highest BCUT2D eigenvalue weighted by Crippen LogP contribution is 2.35. The third kappa shape index (κ3) is 2.36. The maximum atomic E-state index is 11.6. The molecule has 100 valence electrons. The van der Waals surface area contributed by atoms with Crippen LogP contribution in [0.4, 0.5) is 4.79 Å². The minimum Gasteiger partial charge on any atom is -0.450 e. The summed E-state index contributed by atoms with van der Waals surface area (Å²) >= 11 is 1.41. The highest BCUT2D eigenvalue weighted by atomic mass is 32.1. The van der Waals surface area contributed by atoms with E-state index in [0.717, 1.165) is 4.88 Å². The summed E-state index contributed by atoms with van der Waals surface area (Å²) < 4.78 is 4.89. The summed E-state index contributed by atoms with van der Waals surface area (Å²) in [5, 5.41) is 22.5. The van der Waals surface area contributed by atoms with E-state index in [4.69, 9.17) is 4.74 Å². The number of rotatable bonds is 2. The second-order valence-corrected chi connectivity index (χ2v) is 5.26. The van der Waals surface area contributed by atoms with Gasteiger partial charge in [0, 0.05) is 17.8 Å². The number of ether oxygens (including phenoxy) is 1. The molecule has 1 saturated heterocycles. The SMILES string of the molecule is CCOC(=O)N1CCC(O)(c2cccs2)C(O)C1. The van der Waals surface area contributed by atoms with Crippen molar-refractivity contribution in [3.05, 3.63) is 22.4 Å². The van der Waals surface area contributed by atoms with Crippen LogP contribution in [0.1, 0.15) is 18.2 Å². The third-order valence-corrected chi connectivity index (χ3v) is 4.22. The molecule has 1 amide bonds. The lowest BCUT2D eigenvalue weighted by molar-refractivity contribution is -0.118. The van der Waals surface area contributed by atoms with Gasteiger partial charge >= 0.3 is 6.09 Å². The predicted octanol–water partition coefficient (Wildman–Crippen LogP) is 1.16. The van der Waals surface area contributed by atoms with Crippen LogP contribution in [0.15, 0.2) is 17.5 Å². The van der Waals surface area contributed by atoms with E-state index >= 15 is 0 Å². The summed E-state index contributed by atoms with van der Waals surface area (Å²) in [4.78, 5) is 13.7. The van der Waals surface area contributed by atoms with Crippen LogP contribution in [0.25, 0.3) is 0 Å². The van der Waals surface area contributed by atoms with Crippen LogP contribution in [0.2, 0.25) is 0 Å². The van der Waals surface area contributed by atoms with Gasteiger partial charge in [0.2, 0.25) is 0 Å². The minimum absolute atomic E-state index is 0.0905. The molecule has 0 aliphatic carbocycles. The smallest absolute Gasteiger partial charge is 0.409 e. The summed E-state index contributed by atoms with van der Waals surface area (Å²) in [5.41, 5.74) is -1.25. The van der Waals surface area contributed by atoms with Crippen molar-refractivity contribution in [2.45, 2.75) is 25.0 Å². The number of carbonyl (C=O) groups is 1. The summed E-state index contributed by atoms with van der Waals surface area (Å²) in [6.07, 6.45) is -1.12. The molecular weight excluding hydrogens is 254 g/mol. The van der Waals surface area contributed by atoms with Gasteiger partial charge in [-0.3, -0.25) is 0 Å². The molecule has 6 heteroatoms. The average molecular weight is 271 g/mol. The fourth-order valence-corrected chi connectivity index (χ4v) is 3.02. The van der Waals surface area contributed by atoms with E-state index in [-0.39, 0.29) is 6.54 Å². The zero-order valence-electron chi connectivity index (χ0n) is 10.2. The van der Waals surface area contributed by atoms with Gasteiger partial charge < -0.3 is 19.8 Å². The molecule has 1 aromatic heterocycles. The Morgan fingerprint density at radius 1 is 1.72 bits per heavy atom. The summed E-state index contributed by atoms with van der Waals surface area (Å²) in [6.45, 7) is 2.51. The van der Waals surface area contributed by atoms with Crippen LogP contribution in [0.5, 0.6) is 0 Å². The monoisotopic (exact) mass is 271 g/mol. The highest BCUT2D eigenvalue weighted by Gasteiger charge is 2.44. The molecule has 1 aliphatic heterocycles. The van der Waals surface area contributed by atoms with Crippen molar-refractivity contribution in [1.82, 2.24) is 4.90 Å². The lowest BCUT2D eigenvalue weighted by atomic mass is 9.87. The molecule has 2 atom stereocenters. The van der Waals surface area contributed by atoms with Gasteiger partial charge in [0.1, 0.15) is 11.7 Å². The van der Waals surface area contributed by atoms with Gasteiger partial charge in [-0.05, 0) is 18.4 Å². The fraction of sp³-hybridized carbons (Fsp3) is 0.583. The molecule has 2 N–H and O–H groups in total. The second kappa shape index (κ2) is 5.26. The van der Waals surface area contributed by atoms with Crippen molar-refractivity contribution in [3.63, 3.8) is 0 Å². The van der Waals surface area contributed by atoms with Crippen molar-refractivity contribution in [3.8, 4) is 0 Å². The first-order chi connectivity index (χ1) is 8.58. The number of aliphatic hydroxyl groups excluding tert-OH is 1. The maximum absolute atomic E-state index is 11.6. The molecule has 0 radical (unpaired) electrons.